The van der Waals surface area contributed by atoms with Crippen LogP contribution in [0.15, 0.2) is 84.0 Å². The molecule has 0 fully saturated rings. The van der Waals surface area contributed by atoms with E-state index in [0.717, 1.165) is 0 Å². The monoisotopic (exact) mass is 386 g/mol. The van der Waals surface area contributed by atoms with Crippen LogP contribution in [0.1, 0.15) is 70.2 Å². The van der Waals surface area contributed by atoms with Gasteiger partial charge in [0.25, 0.3) is 0 Å². The predicted octanol–water partition coefficient (Wildman–Crippen LogP) is 8.99. The highest BCUT2D eigenvalue weighted by molar-refractivity contribution is 5.79. The molecular formula is C29H38. The Kier molecular flexibility index (Phi) is 9.62. The van der Waals surface area contributed by atoms with Crippen molar-refractivity contribution in [2.24, 2.45) is 5.92 Å². The van der Waals surface area contributed by atoms with Crippen molar-refractivity contribution < 1.29 is 0 Å². The molecule has 0 radical (unpaired) electrons. The molecule has 0 heterocycles. The lowest BCUT2D eigenvalue weighted by Crippen LogP contribution is -2.17. The first-order chi connectivity index (χ1) is 13.6. The van der Waals surface area contributed by atoms with E-state index < -0.39 is 0 Å². The van der Waals surface area contributed by atoms with Crippen molar-refractivity contribution in [1.82, 2.24) is 0 Å². The first-order valence-electron chi connectivity index (χ1n) is 10.4. The third kappa shape index (κ3) is 5.07. The lowest BCUT2D eigenvalue weighted by atomic mass is 9.73. The van der Waals surface area contributed by atoms with Gasteiger partial charge in [-0.05, 0) is 61.1 Å². The van der Waals surface area contributed by atoms with E-state index in [-0.39, 0.29) is 7.43 Å². The Balaban J connectivity index is 0.00000136. The summed E-state index contributed by atoms with van der Waals surface area (Å²) in [5.74, 6) is 0.735. The van der Waals surface area contributed by atoms with E-state index in [0.29, 0.717) is 11.8 Å². The molecule has 0 N–H and O–H groups in total. The summed E-state index contributed by atoms with van der Waals surface area (Å²) < 4.78 is 0. The third-order valence-electron chi connectivity index (χ3n) is 5.33. The number of rotatable bonds is 5. The van der Waals surface area contributed by atoms with Gasteiger partial charge in [-0.1, -0.05) is 106 Å². The molecule has 0 heteroatoms. The summed E-state index contributed by atoms with van der Waals surface area (Å²) >= 11 is 0. The van der Waals surface area contributed by atoms with Crippen LogP contribution in [0.5, 0.6) is 0 Å². The highest BCUT2D eigenvalue weighted by Gasteiger charge is 2.35. The Hall–Kier alpha value is -2.60. The van der Waals surface area contributed by atoms with E-state index in [2.05, 4.69) is 95.0 Å². The van der Waals surface area contributed by atoms with Crippen LogP contribution in [0, 0.1) is 12.8 Å². The quantitative estimate of drug-likeness (QED) is 0.443. The van der Waals surface area contributed by atoms with Crippen LogP contribution in [0.25, 0.3) is 12.2 Å². The van der Waals surface area contributed by atoms with Gasteiger partial charge >= 0.3 is 0 Å². The number of hydrogen-bond donors (Lipinski definition) is 0. The molecular weight excluding hydrogens is 348 g/mol. The second-order valence-electron chi connectivity index (χ2n) is 7.08. The molecule has 0 aliphatic heterocycles. The Labute approximate surface area is 179 Å². The van der Waals surface area contributed by atoms with E-state index in [1.54, 1.807) is 0 Å². The van der Waals surface area contributed by atoms with Crippen molar-refractivity contribution in [3.63, 3.8) is 0 Å². The maximum Gasteiger partial charge on any atom is 0.0205 e. The van der Waals surface area contributed by atoms with Gasteiger partial charge in [-0.15, -0.1) is 0 Å². The SMILES string of the molecule is C.C=C/C=C\C(=C/C)C1C=Cc2c(C)ccc3c2C1C(/C=C(C)\C=C/C)=C3.CC. The zero-order chi connectivity index (χ0) is 20.7. The Morgan fingerprint density at radius 3 is 2.45 bits per heavy atom. The zero-order valence-corrected chi connectivity index (χ0v) is 18.3. The van der Waals surface area contributed by atoms with Crippen LogP contribution in [0.3, 0.4) is 0 Å². The van der Waals surface area contributed by atoms with Gasteiger partial charge < -0.3 is 0 Å². The molecule has 0 nitrogen and oxygen atoms in total. The zero-order valence-electron chi connectivity index (χ0n) is 18.3. The van der Waals surface area contributed by atoms with E-state index in [4.69, 9.17) is 0 Å². The maximum absolute atomic E-state index is 3.82. The summed E-state index contributed by atoms with van der Waals surface area (Å²) in [6, 6.07) is 4.52. The number of benzene rings is 1. The first kappa shape index (κ1) is 24.4. The first-order valence-corrected chi connectivity index (χ1v) is 10.4. The summed E-state index contributed by atoms with van der Waals surface area (Å²) in [6.45, 7) is 16.4. The fraction of sp³-hybridized carbons (Fsp3) is 0.310. The molecule has 29 heavy (non-hydrogen) atoms. The van der Waals surface area contributed by atoms with Gasteiger partial charge in [0.2, 0.25) is 0 Å². The molecule has 0 bridgehead atoms. The molecule has 0 amide bonds. The number of hydrogen-bond acceptors (Lipinski definition) is 0. The van der Waals surface area contributed by atoms with Crippen molar-refractivity contribution in [2.75, 3.05) is 0 Å². The Morgan fingerprint density at radius 1 is 1.10 bits per heavy atom. The maximum atomic E-state index is 3.82. The van der Waals surface area contributed by atoms with E-state index >= 15 is 0 Å². The fourth-order valence-electron chi connectivity index (χ4n) is 4.18. The molecule has 154 valence electrons. The predicted molar refractivity (Wildman–Crippen MR) is 134 cm³/mol. The molecule has 1 aromatic rings. The van der Waals surface area contributed by atoms with Gasteiger partial charge in [-0.3, -0.25) is 0 Å². The molecule has 2 aliphatic carbocycles. The summed E-state index contributed by atoms with van der Waals surface area (Å²) in [7, 11) is 0. The molecule has 3 rings (SSSR count). The summed E-state index contributed by atoms with van der Waals surface area (Å²) in [6.07, 6.45) is 22.0. The van der Waals surface area contributed by atoms with Gasteiger partial charge in [-0.2, -0.15) is 0 Å². The second kappa shape index (κ2) is 11.4. The summed E-state index contributed by atoms with van der Waals surface area (Å²) in [5, 5.41) is 0. The molecule has 2 atom stereocenters. The molecule has 2 aliphatic rings. The number of aryl methyl sites for hydroxylation is 1. The van der Waals surface area contributed by atoms with Crippen LogP contribution in [0.2, 0.25) is 0 Å². The molecule has 1 aromatic carbocycles. The van der Waals surface area contributed by atoms with Crippen LogP contribution in [-0.4, -0.2) is 0 Å². The molecule has 0 saturated carbocycles. The number of allylic oxidation sites excluding steroid dienone is 11. The van der Waals surface area contributed by atoms with Crippen molar-refractivity contribution in [2.45, 2.75) is 54.9 Å². The Bertz CT molecular complexity index is 894. The minimum absolute atomic E-state index is 0. The second-order valence-corrected chi connectivity index (χ2v) is 7.08. The highest BCUT2D eigenvalue weighted by Crippen LogP contribution is 2.50. The standard InChI is InChI=1S/C26H28.C2H6.CH4/c1-6-9-11-20(8-3)24-15-14-23-19(5)12-13-21-17-22(26(24)25(21)23)16-18(4)10-7-2;1-2;/h6-17,24,26H,1H2,2-5H3;1-2H3;1H4/b10-7-,11-9-,18-16-,20-8+;;. The molecule has 0 spiro atoms. The summed E-state index contributed by atoms with van der Waals surface area (Å²) in [4.78, 5) is 0. The van der Waals surface area contributed by atoms with Crippen molar-refractivity contribution in [3.8, 4) is 0 Å². The largest absolute Gasteiger partial charge is 0.0991 e. The van der Waals surface area contributed by atoms with Crippen LogP contribution in [0.4, 0.5) is 0 Å². The normalized spacial score (nSPS) is 20.1. The van der Waals surface area contributed by atoms with Crippen molar-refractivity contribution in [3.05, 3.63) is 106 Å². The average Bonchev–Trinajstić information content (AvgIpc) is 3.07. The van der Waals surface area contributed by atoms with Gasteiger partial charge in [0, 0.05) is 11.8 Å². The fourth-order valence-corrected chi connectivity index (χ4v) is 4.18. The van der Waals surface area contributed by atoms with Gasteiger partial charge in [0.1, 0.15) is 0 Å². The highest BCUT2D eigenvalue weighted by atomic mass is 14.4. The van der Waals surface area contributed by atoms with Crippen LogP contribution in [-0.2, 0) is 0 Å². The lowest BCUT2D eigenvalue weighted by molar-refractivity contribution is 0.663. The van der Waals surface area contributed by atoms with Crippen molar-refractivity contribution in [1.29, 1.82) is 0 Å². The van der Waals surface area contributed by atoms with Crippen LogP contribution >= 0.6 is 0 Å². The van der Waals surface area contributed by atoms with E-state index in [1.807, 2.05) is 26.0 Å². The smallest absolute Gasteiger partial charge is 0.0205 e. The average molecular weight is 387 g/mol. The van der Waals surface area contributed by atoms with Gasteiger partial charge in [0.05, 0.1) is 0 Å². The van der Waals surface area contributed by atoms with E-state index in [9.17, 15) is 0 Å². The minimum Gasteiger partial charge on any atom is -0.0991 e. The van der Waals surface area contributed by atoms with Gasteiger partial charge in [0.15, 0.2) is 0 Å². The van der Waals surface area contributed by atoms with Crippen LogP contribution < -0.4 is 0 Å². The molecule has 2 unspecified atom stereocenters. The van der Waals surface area contributed by atoms with Crippen molar-refractivity contribution >= 4 is 12.2 Å². The third-order valence-corrected chi connectivity index (χ3v) is 5.33. The lowest BCUT2D eigenvalue weighted by Gasteiger charge is -2.30. The van der Waals surface area contributed by atoms with Gasteiger partial charge in [-0.25, -0.2) is 0 Å². The Morgan fingerprint density at radius 2 is 1.83 bits per heavy atom. The van der Waals surface area contributed by atoms with E-state index in [1.165, 1.54) is 39.0 Å². The summed E-state index contributed by atoms with van der Waals surface area (Å²) in [5.41, 5.74) is 9.65. The molecule has 0 saturated heterocycles. The molecule has 0 aromatic heterocycles. The topological polar surface area (TPSA) is 0 Å². The minimum atomic E-state index is 0.